The van der Waals surface area contributed by atoms with Crippen molar-refractivity contribution >= 4 is 17.8 Å². The molecule has 2 amide bonds. The van der Waals surface area contributed by atoms with E-state index in [1.807, 2.05) is 0 Å². The molecule has 0 aromatic heterocycles. The molecule has 0 spiro atoms. The summed E-state index contributed by atoms with van der Waals surface area (Å²) in [6.45, 7) is 8.17. The van der Waals surface area contributed by atoms with Crippen LogP contribution in [-0.4, -0.2) is 96.0 Å². The number of hydrogen-bond acceptors (Lipinski definition) is 8. The molecule has 4 fully saturated rings. The Morgan fingerprint density at radius 3 is 2.36 bits per heavy atom. The van der Waals surface area contributed by atoms with Gasteiger partial charge in [0, 0.05) is 26.5 Å². The first kappa shape index (κ1) is 36.1. The first-order valence-corrected chi connectivity index (χ1v) is 17.2. The molecule has 258 valence electrons. The summed E-state index contributed by atoms with van der Waals surface area (Å²) in [5, 5.41) is 48.6. The number of carboxylic acids is 1. The van der Waals surface area contributed by atoms with E-state index in [-0.39, 0.29) is 83.5 Å². The van der Waals surface area contributed by atoms with Gasteiger partial charge in [0.2, 0.25) is 11.8 Å². The number of amides is 2. The monoisotopic (exact) mass is 638 g/mol. The van der Waals surface area contributed by atoms with Gasteiger partial charge in [-0.15, -0.1) is 0 Å². The van der Waals surface area contributed by atoms with Gasteiger partial charge in [0.05, 0.1) is 38.1 Å². The zero-order valence-electron chi connectivity index (χ0n) is 27.7. The Labute approximate surface area is 268 Å². The second-order valence-corrected chi connectivity index (χ2v) is 15.0. The van der Waals surface area contributed by atoms with E-state index >= 15 is 0 Å². The summed E-state index contributed by atoms with van der Waals surface area (Å²) >= 11 is 0. The molecule has 0 aliphatic heterocycles. The molecule has 11 nitrogen and oxygen atoms in total. The molecule has 11 heteroatoms. The molecule has 4 saturated carbocycles. The van der Waals surface area contributed by atoms with Gasteiger partial charge < -0.3 is 40.5 Å². The maximum absolute atomic E-state index is 12.9. The molecule has 12 atom stereocenters. The van der Waals surface area contributed by atoms with Crippen LogP contribution in [0.25, 0.3) is 0 Å². The summed E-state index contributed by atoms with van der Waals surface area (Å²) in [6, 6.07) is -1.15. The van der Waals surface area contributed by atoms with Crippen LogP contribution in [0.5, 0.6) is 0 Å². The standard InChI is InChI=1S/C34H58N2O9/c1-20(5-9-30(41)36-26(32(42)43)8-10-29(40)35-13-14-45-16-15-44-4)23-6-7-24-31-25(19-28(39)34(23,24)3)33(2)12-11-22(37)17-21(33)18-27(31)38/h20-28,31,37-39H,5-19H2,1-4H3,(H,35,40)(H,36,41)(H,42,43)/t20-,21+,22-,23?,24+,25?,26?,27-,28+,31?,33+,34-/m1/s1. The summed E-state index contributed by atoms with van der Waals surface area (Å²) < 4.78 is 10.2. The van der Waals surface area contributed by atoms with Crippen molar-refractivity contribution in [3.63, 3.8) is 0 Å². The number of aliphatic hydroxyl groups is 3. The Bertz CT molecular complexity index is 1030. The van der Waals surface area contributed by atoms with Gasteiger partial charge in [0.15, 0.2) is 0 Å². The fourth-order valence-corrected chi connectivity index (χ4v) is 10.1. The summed E-state index contributed by atoms with van der Waals surface area (Å²) in [6.07, 6.45) is 5.17. The predicted molar refractivity (Wildman–Crippen MR) is 167 cm³/mol. The van der Waals surface area contributed by atoms with E-state index in [1.54, 1.807) is 7.11 Å². The molecule has 0 aromatic carbocycles. The molecule has 4 unspecified atom stereocenters. The molecule has 4 rings (SSSR count). The number of methoxy groups -OCH3 is 1. The molecule has 0 radical (unpaired) electrons. The van der Waals surface area contributed by atoms with E-state index in [2.05, 4.69) is 31.4 Å². The van der Waals surface area contributed by atoms with Crippen molar-refractivity contribution in [3.05, 3.63) is 0 Å². The van der Waals surface area contributed by atoms with Crippen molar-refractivity contribution in [2.24, 2.45) is 46.3 Å². The van der Waals surface area contributed by atoms with Crippen molar-refractivity contribution in [1.82, 2.24) is 10.6 Å². The molecule has 0 aromatic rings. The number of rotatable bonds is 15. The minimum atomic E-state index is -1.17. The van der Waals surface area contributed by atoms with E-state index in [0.29, 0.717) is 45.6 Å². The van der Waals surface area contributed by atoms with Crippen molar-refractivity contribution < 1.29 is 44.3 Å². The van der Waals surface area contributed by atoms with Crippen LogP contribution in [0.2, 0.25) is 0 Å². The molecule has 0 saturated heterocycles. The maximum atomic E-state index is 12.9. The average Bonchev–Trinajstić information content (AvgIpc) is 3.35. The molecule has 4 aliphatic carbocycles. The zero-order valence-corrected chi connectivity index (χ0v) is 27.7. The van der Waals surface area contributed by atoms with E-state index < -0.39 is 24.2 Å². The van der Waals surface area contributed by atoms with Crippen LogP contribution in [-0.2, 0) is 23.9 Å². The van der Waals surface area contributed by atoms with Gasteiger partial charge in [-0.2, -0.15) is 0 Å². The number of carbonyl (C=O) groups excluding carboxylic acids is 2. The third-order valence-corrected chi connectivity index (χ3v) is 12.6. The minimum absolute atomic E-state index is 0.00875. The van der Waals surface area contributed by atoms with Crippen LogP contribution in [0.1, 0.15) is 91.4 Å². The third-order valence-electron chi connectivity index (χ3n) is 12.6. The van der Waals surface area contributed by atoms with Crippen molar-refractivity contribution in [2.75, 3.05) is 33.5 Å². The van der Waals surface area contributed by atoms with Gasteiger partial charge >= 0.3 is 5.97 Å². The number of nitrogens with one attached hydrogen (secondary N) is 2. The van der Waals surface area contributed by atoms with Gasteiger partial charge in [0.25, 0.3) is 0 Å². The lowest BCUT2D eigenvalue weighted by atomic mass is 9.43. The van der Waals surface area contributed by atoms with Crippen molar-refractivity contribution in [3.8, 4) is 0 Å². The van der Waals surface area contributed by atoms with Crippen LogP contribution in [0.15, 0.2) is 0 Å². The Morgan fingerprint density at radius 1 is 0.911 bits per heavy atom. The van der Waals surface area contributed by atoms with Gasteiger partial charge in [-0.25, -0.2) is 4.79 Å². The number of aliphatic carboxylic acids is 1. The van der Waals surface area contributed by atoms with Crippen LogP contribution < -0.4 is 10.6 Å². The first-order valence-electron chi connectivity index (χ1n) is 17.2. The summed E-state index contributed by atoms with van der Waals surface area (Å²) in [5.41, 5.74) is -0.339. The molecular formula is C34H58N2O9. The number of ether oxygens (including phenoxy) is 2. The predicted octanol–water partition coefficient (Wildman–Crippen LogP) is 2.49. The molecule has 45 heavy (non-hydrogen) atoms. The summed E-state index contributed by atoms with van der Waals surface area (Å²) in [7, 11) is 1.58. The topological polar surface area (TPSA) is 175 Å². The second kappa shape index (κ2) is 15.4. The van der Waals surface area contributed by atoms with Crippen LogP contribution >= 0.6 is 0 Å². The number of aliphatic hydroxyl groups excluding tert-OH is 3. The first-order chi connectivity index (χ1) is 21.3. The third kappa shape index (κ3) is 7.86. The lowest BCUT2D eigenvalue weighted by Crippen LogP contribution is -2.62. The highest BCUT2D eigenvalue weighted by Gasteiger charge is 2.65. The maximum Gasteiger partial charge on any atom is 0.326 e. The van der Waals surface area contributed by atoms with E-state index in [9.17, 15) is 34.8 Å². The molecule has 6 N–H and O–H groups in total. The van der Waals surface area contributed by atoms with Gasteiger partial charge in [-0.3, -0.25) is 9.59 Å². The van der Waals surface area contributed by atoms with Crippen LogP contribution in [0.4, 0.5) is 0 Å². The van der Waals surface area contributed by atoms with Crippen molar-refractivity contribution in [1.29, 1.82) is 0 Å². The Morgan fingerprint density at radius 2 is 1.64 bits per heavy atom. The number of carbonyl (C=O) groups is 3. The van der Waals surface area contributed by atoms with E-state index in [4.69, 9.17) is 9.47 Å². The molecule has 4 aliphatic rings. The fourth-order valence-electron chi connectivity index (χ4n) is 10.1. The highest BCUT2D eigenvalue weighted by Crippen LogP contribution is 2.68. The Hall–Kier alpha value is -1.79. The van der Waals surface area contributed by atoms with E-state index in [0.717, 1.165) is 32.1 Å². The SMILES string of the molecule is COCCOCCNC(=O)CCC(NC(=O)CC[C@@H](C)C1CC[C@H]2C3C(C[C@H](O)[C@]12C)[C@@]1(C)CC[C@@H](O)C[C@H]1C[C@H]3O)C(=O)O. The van der Waals surface area contributed by atoms with E-state index in [1.165, 1.54) is 0 Å². The quantitative estimate of drug-likeness (QED) is 0.147. The van der Waals surface area contributed by atoms with Crippen molar-refractivity contribution in [2.45, 2.75) is 116 Å². The largest absolute Gasteiger partial charge is 0.480 e. The number of carboxylic acid groups (broad SMARTS) is 1. The number of hydrogen-bond donors (Lipinski definition) is 6. The van der Waals surface area contributed by atoms with Crippen LogP contribution in [0, 0.1) is 46.3 Å². The van der Waals surface area contributed by atoms with Gasteiger partial charge in [-0.1, -0.05) is 20.8 Å². The average molecular weight is 639 g/mol. The highest BCUT2D eigenvalue weighted by molar-refractivity contribution is 5.84. The molecular weight excluding hydrogens is 580 g/mol. The lowest BCUT2D eigenvalue weighted by molar-refractivity contribution is -0.207. The lowest BCUT2D eigenvalue weighted by Gasteiger charge is -2.63. The number of fused-ring (bicyclic) bond motifs is 5. The Kier molecular flexibility index (Phi) is 12.3. The highest BCUT2D eigenvalue weighted by atomic mass is 16.5. The fraction of sp³-hybridized carbons (Fsp3) is 0.912. The van der Waals surface area contributed by atoms with Crippen LogP contribution in [0.3, 0.4) is 0 Å². The summed E-state index contributed by atoms with van der Waals surface area (Å²) in [4.78, 5) is 36.8. The van der Waals surface area contributed by atoms with Gasteiger partial charge in [-0.05, 0) is 104 Å². The van der Waals surface area contributed by atoms with Gasteiger partial charge in [0.1, 0.15) is 6.04 Å². The Balaban J connectivity index is 1.28. The minimum Gasteiger partial charge on any atom is -0.480 e. The molecule has 0 heterocycles. The smallest absolute Gasteiger partial charge is 0.326 e. The molecule has 0 bridgehead atoms. The zero-order chi connectivity index (χ0) is 32.9. The second-order valence-electron chi connectivity index (χ2n) is 15.0. The normalized spacial score (nSPS) is 38.7. The summed E-state index contributed by atoms with van der Waals surface area (Å²) in [5.74, 6) is -0.668.